The van der Waals surface area contributed by atoms with E-state index in [-0.39, 0.29) is 12.1 Å². The molecule has 1 saturated carbocycles. The van der Waals surface area contributed by atoms with Crippen molar-refractivity contribution in [2.24, 2.45) is 0 Å². The molecule has 1 aromatic heterocycles. The molecule has 1 saturated heterocycles. The lowest BCUT2D eigenvalue weighted by Crippen LogP contribution is -2.41. The van der Waals surface area contributed by atoms with Crippen LogP contribution in [0.5, 0.6) is 0 Å². The largest absolute Gasteiger partial charge is 0.444 e. The Morgan fingerprint density at radius 1 is 1.26 bits per heavy atom. The van der Waals surface area contributed by atoms with Gasteiger partial charge in [0.2, 0.25) is 0 Å². The molecule has 0 radical (unpaired) electrons. The Morgan fingerprint density at radius 2 is 2.04 bits per heavy atom. The molecule has 1 atom stereocenters. The maximum atomic E-state index is 12.5. The highest BCUT2D eigenvalue weighted by molar-refractivity contribution is 5.69. The van der Waals surface area contributed by atoms with Gasteiger partial charge in [0.25, 0.3) is 0 Å². The molecular weight excluding hydrogens is 290 g/mol. The predicted octanol–water partition coefficient (Wildman–Crippen LogP) is 4.12. The molecule has 1 N–H and O–H groups in total. The molecule has 2 aliphatic rings. The summed E-state index contributed by atoms with van der Waals surface area (Å²) >= 11 is 0. The van der Waals surface area contributed by atoms with Crippen LogP contribution in [0.4, 0.5) is 10.6 Å². The molecule has 1 aliphatic carbocycles. The Bertz CT molecular complexity index is 546. The molecule has 5 heteroatoms. The number of nitrogens with one attached hydrogen (secondary N) is 1. The summed E-state index contributed by atoms with van der Waals surface area (Å²) in [6.07, 6.45) is 7.28. The number of amides is 1. The summed E-state index contributed by atoms with van der Waals surface area (Å²) in [7, 11) is 0. The first-order valence-electron chi connectivity index (χ1n) is 8.64. The van der Waals surface area contributed by atoms with Crippen molar-refractivity contribution in [3.8, 4) is 0 Å². The predicted molar refractivity (Wildman–Crippen MR) is 90.4 cm³/mol. The molecule has 2 fully saturated rings. The highest BCUT2D eigenvalue weighted by Crippen LogP contribution is 2.32. The lowest BCUT2D eigenvalue weighted by molar-refractivity contribution is 0.00948. The standard InChI is InChI=1S/C18H27N3O2/c1-18(2,3)23-17(22)21-11-5-4-6-15(21)13-7-10-16(19-12-13)20-14-8-9-14/h7,10,12,14-15H,4-6,8-9,11H2,1-3H3,(H,19,20)/t15-/m0/s1. The number of piperidine rings is 1. The van der Waals surface area contributed by atoms with Crippen molar-refractivity contribution in [2.45, 2.75) is 70.6 Å². The van der Waals surface area contributed by atoms with Crippen LogP contribution in [0.1, 0.15) is 64.5 Å². The van der Waals surface area contributed by atoms with E-state index < -0.39 is 5.60 Å². The lowest BCUT2D eigenvalue weighted by Gasteiger charge is -2.36. The molecule has 1 aromatic rings. The fourth-order valence-corrected chi connectivity index (χ4v) is 2.94. The maximum absolute atomic E-state index is 12.5. The third kappa shape index (κ3) is 4.36. The van der Waals surface area contributed by atoms with Gasteiger partial charge < -0.3 is 15.0 Å². The van der Waals surface area contributed by atoms with E-state index in [0.29, 0.717) is 6.04 Å². The number of pyridine rings is 1. The number of nitrogens with zero attached hydrogens (tertiary/aromatic N) is 2. The van der Waals surface area contributed by atoms with Gasteiger partial charge in [-0.1, -0.05) is 6.07 Å². The zero-order chi connectivity index (χ0) is 16.4. The molecule has 0 aromatic carbocycles. The van der Waals surface area contributed by atoms with Gasteiger partial charge in [0.15, 0.2) is 0 Å². The van der Waals surface area contributed by atoms with Crippen molar-refractivity contribution >= 4 is 11.9 Å². The van der Waals surface area contributed by atoms with Crippen molar-refractivity contribution in [3.63, 3.8) is 0 Å². The smallest absolute Gasteiger partial charge is 0.410 e. The minimum Gasteiger partial charge on any atom is -0.444 e. The molecule has 2 heterocycles. The van der Waals surface area contributed by atoms with E-state index in [1.54, 1.807) is 0 Å². The zero-order valence-electron chi connectivity index (χ0n) is 14.3. The second-order valence-corrected chi connectivity index (χ2v) is 7.58. The van der Waals surface area contributed by atoms with Gasteiger partial charge in [-0.25, -0.2) is 9.78 Å². The minimum absolute atomic E-state index is 0.0704. The number of aromatic nitrogens is 1. The second kappa shape index (κ2) is 6.38. The SMILES string of the molecule is CC(C)(C)OC(=O)N1CCCC[C@H]1c1ccc(NC2CC2)nc1. The summed E-state index contributed by atoms with van der Waals surface area (Å²) in [6.45, 7) is 6.47. The Labute approximate surface area is 138 Å². The second-order valence-electron chi connectivity index (χ2n) is 7.58. The van der Waals surface area contributed by atoms with Crippen molar-refractivity contribution < 1.29 is 9.53 Å². The fraction of sp³-hybridized carbons (Fsp3) is 0.667. The van der Waals surface area contributed by atoms with E-state index in [0.717, 1.165) is 37.2 Å². The Balaban J connectivity index is 1.71. The number of hydrogen-bond donors (Lipinski definition) is 1. The normalized spacial score (nSPS) is 21.9. The number of anilines is 1. The van der Waals surface area contributed by atoms with Crippen LogP contribution < -0.4 is 5.32 Å². The first-order chi connectivity index (χ1) is 10.9. The van der Waals surface area contributed by atoms with Crippen LogP contribution in [-0.2, 0) is 4.74 Å². The molecule has 126 valence electrons. The summed E-state index contributed by atoms with van der Waals surface area (Å²) in [5, 5.41) is 3.39. The highest BCUT2D eigenvalue weighted by atomic mass is 16.6. The van der Waals surface area contributed by atoms with E-state index in [9.17, 15) is 4.79 Å². The van der Waals surface area contributed by atoms with Crippen LogP contribution in [0.3, 0.4) is 0 Å². The van der Waals surface area contributed by atoms with Gasteiger partial charge >= 0.3 is 6.09 Å². The number of hydrogen-bond acceptors (Lipinski definition) is 4. The minimum atomic E-state index is -0.463. The molecule has 0 spiro atoms. The van der Waals surface area contributed by atoms with E-state index in [1.807, 2.05) is 37.9 Å². The average molecular weight is 317 g/mol. The van der Waals surface area contributed by atoms with E-state index in [4.69, 9.17) is 4.74 Å². The third-order valence-corrected chi connectivity index (χ3v) is 4.23. The number of carbonyl (C=O) groups is 1. The fourth-order valence-electron chi connectivity index (χ4n) is 2.94. The number of ether oxygens (including phenoxy) is 1. The van der Waals surface area contributed by atoms with Crippen molar-refractivity contribution in [1.29, 1.82) is 0 Å². The molecule has 23 heavy (non-hydrogen) atoms. The molecule has 1 amide bonds. The van der Waals surface area contributed by atoms with Crippen LogP contribution >= 0.6 is 0 Å². The first-order valence-corrected chi connectivity index (χ1v) is 8.64. The molecule has 1 aliphatic heterocycles. The average Bonchev–Trinajstić information content (AvgIpc) is 3.30. The molecule has 0 bridgehead atoms. The zero-order valence-corrected chi connectivity index (χ0v) is 14.3. The summed E-state index contributed by atoms with van der Waals surface area (Å²) in [5.41, 5.74) is 0.631. The summed E-state index contributed by atoms with van der Waals surface area (Å²) < 4.78 is 5.57. The van der Waals surface area contributed by atoms with Crippen LogP contribution in [-0.4, -0.2) is 34.2 Å². The van der Waals surface area contributed by atoms with Gasteiger partial charge in [0, 0.05) is 18.8 Å². The summed E-state index contributed by atoms with van der Waals surface area (Å²) in [6, 6.07) is 4.78. The Hall–Kier alpha value is -1.78. The lowest BCUT2D eigenvalue weighted by atomic mass is 9.97. The van der Waals surface area contributed by atoms with E-state index in [2.05, 4.69) is 16.4 Å². The summed E-state index contributed by atoms with van der Waals surface area (Å²) in [4.78, 5) is 18.9. The quantitative estimate of drug-likeness (QED) is 0.911. The van der Waals surface area contributed by atoms with Crippen LogP contribution in [0.25, 0.3) is 0 Å². The van der Waals surface area contributed by atoms with Gasteiger partial charge in [0.05, 0.1) is 6.04 Å². The van der Waals surface area contributed by atoms with Gasteiger partial charge in [-0.3, -0.25) is 0 Å². The van der Waals surface area contributed by atoms with E-state index >= 15 is 0 Å². The van der Waals surface area contributed by atoms with Crippen LogP contribution in [0, 0.1) is 0 Å². The highest BCUT2D eigenvalue weighted by Gasteiger charge is 2.31. The molecule has 5 nitrogen and oxygen atoms in total. The van der Waals surface area contributed by atoms with Crippen LogP contribution in [0.2, 0.25) is 0 Å². The molecule has 0 unspecified atom stereocenters. The molecular formula is C18H27N3O2. The van der Waals surface area contributed by atoms with Gasteiger partial charge in [-0.05, 0) is 64.5 Å². The monoisotopic (exact) mass is 317 g/mol. The number of rotatable bonds is 3. The Morgan fingerprint density at radius 3 is 2.65 bits per heavy atom. The molecule has 3 rings (SSSR count). The van der Waals surface area contributed by atoms with Gasteiger partial charge in [0.1, 0.15) is 11.4 Å². The number of likely N-dealkylation sites (tertiary alicyclic amines) is 1. The first kappa shape index (κ1) is 16.1. The topological polar surface area (TPSA) is 54.5 Å². The van der Waals surface area contributed by atoms with Gasteiger partial charge in [-0.2, -0.15) is 0 Å². The van der Waals surface area contributed by atoms with Crippen molar-refractivity contribution in [2.75, 3.05) is 11.9 Å². The number of carbonyl (C=O) groups excluding carboxylic acids is 1. The third-order valence-electron chi connectivity index (χ3n) is 4.23. The van der Waals surface area contributed by atoms with Gasteiger partial charge in [-0.15, -0.1) is 0 Å². The van der Waals surface area contributed by atoms with Crippen molar-refractivity contribution in [1.82, 2.24) is 9.88 Å². The summed E-state index contributed by atoms with van der Waals surface area (Å²) in [5.74, 6) is 0.927. The maximum Gasteiger partial charge on any atom is 0.410 e. The van der Waals surface area contributed by atoms with E-state index in [1.165, 1.54) is 12.8 Å². The Kier molecular flexibility index (Phi) is 4.46. The van der Waals surface area contributed by atoms with Crippen molar-refractivity contribution in [3.05, 3.63) is 23.9 Å². The van der Waals surface area contributed by atoms with Crippen LogP contribution in [0.15, 0.2) is 18.3 Å².